The highest BCUT2D eigenvalue weighted by molar-refractivity contribution is 5.84. The van der Waals surface area contributed by atoms with Crippen LogP contribution in [0.3, 0.4) is 0 Å². The standard InChI is InChI=1S/C23H34N4O3/c1-6-15-30-23(29)22(17(3)7-2)26(5)21(28)11-9-8-10-14-27-18(4)25-19-12-13-24-16-20(19)27/h6,12-13,16-17,22H,1,7-11,14-15H2,2-5H3/p+1/t17-,22-/m0/s1. The molecule has 2 aromatic rings. The molecule has 7 nitrogen and oxygen atoms in total. The lowest BCUT2D eigenvalue weighted by atomic mass is 9.97. The van der Waals surface area contributed by atoms with Gasteiger partial charge in [0.2, 0.25) is 5.91 Å². The van der Waals surface area contributed by atoms with Gasteiger partial charge in [0, 0.05) is 32.7 Å². The molecule has 2 aromatic heterocycles. The van der Waals surface area contributed by atoms with Gasteiger partial charge in [-0.25, -0.2) is 14.3 Å². The van der Waals surface area contributed by atoms with Crippen LogP contribution in [0, 0.1) is 12.8 Å². The molecule has 2 heterocycles. The summed E-state index contributed by atoms with van der Waals surface area (Å²) < 4.78 is 7.44. The van der Waals surface area contributed by atoms with Crippen LogP contribution in [-0.2, 0) is 20.9 Å². The fourth-order valence-corrected chi connectivity index (χ4v) is 3.71. The molecule has 0 aliphatic heterocycles. The predicted octanol–water partition coefficient (Wildman–Crippen LogP) is 3.32. The molecule has 1 N–H and O–H groups in total. The summed E-state index contributed by atoms with van der Waals surface area (Å²) in [5.41, 5.74) is 2.18. The number of fused-ring (bicyclic) bond motifs is 1. The van der Waals surface area contributed by atoms with E-state index >= 15 is 0 Å². The van der Waals surface area contributed by atoms with E-state index in [9.17, 15) is 9.59 Å². The highest BCUT2D eigenvalue weighted by Gasteiger charge is 2.32. The van der Waals surface area contributed by atoms with Gasteiger partial charge in [-0.3, -0.25) is 9.78 Å². The summed E-state index contributed by atoms with van der Waals surface area (Å²) >= 11 is 0. The quantitative estimate of drug-likeness (QED) is 0.250. The number of nitrogens with one attached hydrogen (secondary N) is 1. The van der Waals surface area contributed by atoms with Gasteiger partial charge in [-0.1, -0.05) is 32.9 Å². The number of aryl methyl sites for hydroxylation is 2. The van der Waals surface area contributed by atoms with Gasteiger partial charge in [-0.15, -0.1) is 0 Å². The SMILES string of the molecule is C=CCOC(=O)[C@H]([C@@H](C)CC)N(C)C(=O)CCCCC[n+]1c(C)[nH]c2ccncc21. The fraction of sp³-hybridized carbons (Fsp3) is 0.565. The summed E-state index contributed by atoms with van der Waals surface area (Å²) in [7, 11) is 1.70. The lowest BCUT2D eigenvalue weighted by Gasteiger charge is -2.30. The molecular weight excluding hydrogens is 380 g/mol. The van der Waals surface area contributed by atoms with Gasteiger partial charge < -0.3 is 9.64 Å². The van der Waals surface area contributed by atoms with Gasteiger partial charge in [0.15, 0.2) is 11.0 Å². The molecule has 7 heteroatoms. The van der Waals surface area contributed by atoms with Crippen LogP contribution < -0.4 is 4.57 Å². The predicted molar refractivity (Wildman–Crippen MR) is 117 cm³/mol. The molecule has 0 spiro atoms. The van der Waals surface area contributed by atoms with Crippen LogP contribution in [0.4, 0.5) is 0 Å². The van der Waals surface area contributed by atoms with Crippen molar-refractivity contribution in [1.29, 1.82) is 0 Å². The minimum absolute atomic E-state index is 0.0176. The topological polar surface area (TPSA) is 79.2 Å². The Balaban J connectivity index is 1.84. The highest BCUT2D eigenvalue weighted by atomic mass is 16.5. The number of nitrogens with zero attached hydrogens (tertiary/aromatic N) is 3. The Hall–Kier alpha value is -2.70. The summed E-state index contributed by atoms with van der Waals surface area (Å²) in [4.78, 5) is 34.2. The number of amides is 1. The fourth-order valence-electron chi connectivity index (χ4n) is 3.71. The molecule has 2 rings (SSSR count). The largest absolute Gasteiger partial charge is 0.460 e. The number of likely N-dealkylation sites (N-methyl/N-ethyl adjacent to an activating group) is 1. The minimum atomic E-state index is -0.556. The van der Waals surface area contributed by atoms with Crippen molar-refractivity contribution in [2.75, 3.05) is 13.7 Å². The van der Waals surface area contributed by atoms with Crippen LogP contribution in [0.15, 0.2) is 31.1 Å². The molecule has 0 fully saturated rings. The van der Waals surface area contributed by atoms with E-state index in [0.717, 1.165) is 49.1 Å². The van der Waals surface area contributed by atoms with Crippen LogP contribution in [0.25, 0.3) is 11.0 Å². The normalized spacial score (nSPS) is 13.1. The van der Waals surface area contributed by atoms with E-state index in [-0.39, 0.29) is 24.4 Å². The Morgan fingerprint density at radius 1 is 1.37 bits per heavy atom. The van der Waals surface area contributed by atoms with Crippen molar-refractivity contribution in [2.45, 2.75) is 65.5 Å². The molecule has 0 aliphatic carbocycles. The first-order chi connectivity index (χ1) is 14.4. The lowest BCUT2D eigenvalue weighted by molar-refractivity contribution is -0.677. The van der Waals surface area contributed by atoms with Crippen molar-refractivity contribution in [3.05, 3.63) is 36.9 Å². The molecule has 0 saturated heterocycles. The summed E-state index contributed by atoms with van der Waals surface area (Å²) in [5.74, 6) is 0.755. The first kappa shape index (κ1) is 23.6. The maximum Gasteiger partial charge on any atom is 0.329 e. The zero-order chi connectivity index (χ0) is 22.1. The number of pyridine rings is 1. The Labute approximate surface area is 179 Å². The number of unbranched alkanes of at least 4 members (excludes halogenated alkanes) is 2. The van der Waals surface area contributed by atoms with Crippen LogP contribution in [-0.4, -0.2) is 46.4 Å². The molecule has 1 amide bonds. The molecule has 30 heavy (non-hydrogen) atoms. The smallest absolute Gasteiger partial charge is 0.329 e. The van der Waals surface area contributed by atoms with Crippen molar-refractivity contribution >= 4 is 22.9 Å². The number of rotatable bonds is 12. The molecule has 164 valence electrons. The molecule has 0 unspecified atom stereocenters. The monoisotopic (exact) mass is 415 g/mol. The van der Waals surface area contributed by atoms with Crippen LogP contribution >= 0.6 is 0 Å². The maximum atomic E-state index is 12.7. The van der Waals surface area contributed by atoms with Crippen LogP contribution in [0.1, 0.15) is 51.8 Å². The molecule has 2 atom stereocenters. The van der Waals surface area contributed by atoms with Gasteiger partial charge >= 0.3 is 5.97 Å². The average molecular weight is 416 g/mol. The third-order valence-corrected chi connectivity index (χ3v) is 5.66. The van der Waals surface area contributed by atoms with Crippen molar-refractivity contribution in [2.24, 2.45) is 5.92 Å². The van der Waals surface area contributed by atoms with E-state index in [1.54, 1.807) is 18.1 Å². The molecule has 0 aromatic carbocycles. The number of aromatic amines is 1. The molecule has 0 radical (unpaired) electrons. The Bertz CT molecular complexity index is 861. The number of carbonyl (C=O) groups excluding carboxylic acids is 2. The molecule has 0 bridgehead atoms. The van der Waals surface area contributed by atoms with Crippen molar-refractivity contribution in [1.82, 2.24) is 14.9 Å². The first-order valence-corrected chi connectivity index (χ1v) is 10.8. The van der Waals surface area contributed by atoms with Gasteiger partial charge in [0.25, 0.3) is 5.82 Å². The summed E-state index contributed by atoms with van der Waals surface area (Å²) in [6.45, 7) is 10.6. The van der Waals surface area contributed by atoms with E-state index in [1.807, 2.05) is 26.1 Å². The van der Waals surface area contributed by atoms with E-state index in [1.165, 1.54) is 6.08 Å². The van der Waals surface area contributed by atoms with E-state index in [0.29, 0.717) is 6.42 Å². The second-order valence-corrected chi connectivity index (χ2v) is 7.82. The summed E-state index contributed by atoms with van der Waals surface area (Å²) in [5, 5.41) is 0. The van der Waals surface area contributed by atoms with Gasteiger partial charge in [-0.05, 0) is 25.2 Å². The molecular formula is C23H35N4O3+. The number of hydrogen-bond acceptors (Lipinski definition) is 4. The first-order valence-electron chi connectivity index (χ1n) is 10.8. The highest BCUT2D eigenvalue weighted by Crippen LogP contribution is 2.17. The Kier molecular flexibility index (Phi) is 9.02. The minimum Gasteiger partial charge on any atom is -0.460 e. The molecule has 0 saturated carbocycles. The van der Waals surface area contributed by atoms with E-state index in [4.69, 9.17) is 4.74 Å². The summed E-state index contributed by atoms with van der Waals surface area (Å²) in [6.07, 6.45) is 9.12. The van der Waals surface area contributed by atoms with E-state index < -0.39 is 6.04 Å². The number of aromatic nitrogens is 3. The Morgan fingerprint density at radius 3 is 2.83 bits per heavy atom. The van der Waals surface area contributed by atoms with Gasteiger partial charge in [0.05, 0.1) is 12.7 Å². The maximum absolute atomic E-state index is 12.7. The number of imidazole rings is 1. The number of hydrogen-bond donors (Lipinski definition) is 1. The zero-order valence-electron chi connectivity index (χ0n) is 18.7. The average Bonchev–Trinajstić information content (AvgIpc) is 3.06. The zero-order valence-corrected chi connectivity index (χ0v) is 18.7. The van der Waals surface area contributed by atoms with Crippen LogP contribution in [0.5, 0.6) is 0 Å². The second-order valence-electron chi connectivity index (χ2n) is 7.82. The van der Waals surface area contributed by atoms with E-state index in [2.05, 4.69) is 28.0 Å². The van der Waals surface area contributed by atoms with Gasteiger partial charge in [0.1, 0.15) is 12.6 Å². The van der Waals surface area contributed by atoms with Crippen molar-refractivity contribution in [3.8, 4) is 0 Å². The number of ether oxygens (including phenoxy) is 1. The summed E-state index contributed by atoms with van der Waals surface area (Å²) in [6, 6.07) is 1.42. The third kappa shape index (κ3) is 5.90. The third-order valence-electron chi connectivity index (χ3n) is 5.66. The number of esters is 1. The van der Waals surface area contributed by atoms with Crippen LogP contribution in [0.2, 0.25) is 0 Å². The number of carbonyl (C=O) groups is 2. The van der Waals surface area contributed by atoms with Gasteiger partial charge in [-0.2, -0.15) is 0 Å². The number of H-pyrrole nitrogens is 1. The second kappa shape index (κ2) is 11.5. The van der Waals surface area contributed by atoms with Crippen molar-refractivity contribution in [3.63, 3.8) is 0 Å². The Morgan fingerprint density at radius 2 is 2.13 bits per heavy atom. The van der Waals surface area contributed by atoms with Crippen molar-refractivity contribution < 1.29 is 18.9 Å². The lowest BCUT2D eigenvalue weighted by Crippen LogP contribution is -2.47. The molecule has 0 aliphatic rings.